The van der Waals surface area contributed by atoms with E-state index in [0.29, 0.717) is 11.4 Å². The Bertz CT molecular complexity index is 543. The van der Waals surface area contributed by atoms with Crippen molar-refractivity contribution in [1.82, 2.24) is 19.9 Å². The highest BCUT2D eigenvalue weighted by Crippen LogP contribution is 2.09. The predicted octanol–water partition coefficient (Wildman–Crippen LogP) is 0.777. The van der Waals surface area contributed by atoms with Crippen molar-refractivity contribution in [2.45, 2.75) is 20.5 Å². The fourth-order valence-electron chi connectivity index (χ4n) is 1.30. The lowest BCUT2D eigenvalue weighted by molar-refractivity contribution is 0.0429. The van der Waals surface area contributed by atoms with Crippen LogP contribution in [0.2, 0.25) is 0 Å². The molecule has 90 valence electrons. The Morgan fingerprint density at radius 1 is 1.53 bits per heavy atom. The molecule has 17 heavy (non-hydrogen) atoms. The van der Waals surface area contributed by atoms with Crippen LogP contribution in [0.4, 0.5) is 0 Å². The Kier molecular flexibility index (Phi) is 2.90. The van der Waals surface area contributed by atoms with Crippen LogP contribution in [0.15, 0.2) is 10.7 Å². The van der Waals surface area contributed by atoms with Crippen LogP contribution >= 0.6 is 0 Å². The molecule has 0 spiro atoms. The van der Waals surface area contributed by atoms with Crippen LogP contribution in [0.3, 0.4) is 0 Å². The van der Waals surface area contributed by atoms with Gasteiger partial charge in [-0.05, 0) is 13.8 Å². The molecule has 7 heteroatoms. The molecule has 0 aromatic carbocycles. The Morgan fingerprint density at radius 2 is 2.29 bits per heavy atom. The number of aromatic nitrogens is 4. The molecule has 0 radical (unpaired) electrons. The van der Waals surface area contributed by atoms with Crippen molar-refractivity contribution in [3.8, 4) is 0 Å². The smallest absolute Gasteiger partial charge is 0.342 e. The minimum absolute atomic E-state index is 0.0337. The first-order valence-corrected chi connectivity index (χ1v) is 5.03. The molecule has 2 heterocycles. The Labute approximate surface area is 97.4 Å². The summed E-state index contributed by atoms with van der Waals surface area (Å²) in [6.07, 6.45) is 1.47. The second kappa shape index (κ2) is 4.36. The van der Waals surface area contributed by atoms with Crippen molar-refractivity contribution in [3.05, 3.63) is 29.2 Å². The third-order valence-electron chi connectivity index (χ3n) is 2.35. The number of carbonyl (C=O) groups is 1. The zero-order chi connectivity index (χ0) is 12.4. The zero-order valence-electron chi connectivity index (χ0n) is 9.80. The molecule has 0 atom stereocenters. The van der Waals surface area contributed by atoms with Gasteiger partial charge in [0, 0.05) is 12.7 Å². The molecule has 0 unspecified atom stereocenters. The number of esters is 1. The van der Waals surface area contributed by atoms with Gasteiger partial charge in [-0.25, -0.2) is 4.79 Å². The highest BCUT2D eigenvalue weighted by Gasteiger charge is 2.15. The van der Waals surface area contributed by atoms with Crippen molar-refractivity contribution < 1.29 is 14.1 Å². The van der Waals surface area contributed by atoms with Gasteiger partial charge in [0.1, 0.15) is 5.56 Å². The third-order valence-corrected chi connectivity index (χ3v) is 2.35. The standard InChI is InChI=1S/C10H12N4O3/c1-6-8(4-11-14(6)3)10(15)16-5-9-12-7(2)13-17-9/h4H,5H2,1-3H3. The molecule has 0 saturated heterocycles. The van der Waals surface area contributed by atoms with E-state index in [4.69, 9.17) is 9.26 Å². The molecule has 0 bridgehead atoms. The maximum Gasteiger partial charge on any atom is 0.342 e. The van der Waals surface area contributed by atoms with Gasteiger partial charge in [-0.1, -0.05) is 5.16 Å². The normalized spacial score (nSPS) is 10.5. The number of rotatable bonds is 3. The second-order valence-electron chi connectivity index (χ2n) is 3.58. The number of aryl methyl sites for hydroxylation is 2. The van der Waals surface area contributed by atoms with E-state index in [-0.39, 0.29) is 12.5 Å². The molecule has 0 saturated carbocycles. The average Bonchev–Trinajstić information content (AvgIpc) is 2.84. The summed E-state index contributed by atoms with van der Waals surface area (Å²) in [6, 6.07) is 0. The highest BCUT2D eigenvalue weighted by molar-refractivity contribution is 5.90. The van der Waals surface area contributed by atoms with E-state index in [9.17, 15) is 4.79 Å². The second-order valence-corrected chi connectivity index (χ2v) is 3.58. The molecule has 0 amide bonds. The van der Waals surface area contributed by atoms with Crippen LogP contribution in [-0.4, -0.2) is 25.9 Å². The molecule has 0 aliphatic carbocycles. The molecule has 2 rings (SSSR count). The van der Waals surface area contributed by atoms with Crippen LogP contribution in [-0.2, 0) is 18.4 Å². The summed E-state index contributed by atoms with van der Waals surface area (Å²) in [5.41, 5.74) is 1.18. The Morgan fingerprint density at radius 3 is 2.82 bits per heavy atom. The quantitative estimate of drug-likeness (QED) is 0.732. The number of nitrogens with zero attached hydrogens (tertiary/aromatic N) is 4. The van der Waals surface area contributed by atoms with Gasteiger partial charge >= 0.3 is 5.97 Å². The van der Waals surface area contributed by atoms with Gasteiger partial charge in [-0.2, -0.15) is 10.1 Å². The summed E-state index contributed by atoms with van der Waals surface area (Å²) in [4.78, 5) is 15.6. The van der Waals surface area contributed by atoms with E-state index in [1.165, 1.54) is 6.20 Å². The molecule has 0 fully saturated rings. The van der Waals surface area contributed by atoms with Gasteiger partial charge in [0.2, 0.25) is 0 Å². The van der Waals surface area contributed by atoms with E-state index in [1.807, 2.05) is 0 Å². The van der Waals surface area contributed by atoms with Crippen LogP contribution < -0.4 is 0 Å². The molecule has 2 aromatic heterocycles. The number of carbonyl (C=O) groups excluding carboxylic acids is 1. The first kappa shape index (κ1) is 11.3. The molecular weight excluding hydrogens is 224 g/mol. The number of hydrogen-bond acceptors (Lipinski definition) is 6. The van der Waals surface area contributed by atoms with E-state index in [0.717, 1.165) is 5.69 Å². The van der Waals surface area contributed by atoms with Gasteiger partial charge < -0.3 is 9.26 Å². The fourth-order valence-corrected chi connectivity index (χ4v) is 1.30. The Hall–Kier alpha value is -2.18. The first-order chi connectivity index (χ1) is 8.08. The summed E-state index contributed by atoms with van der Waals surface area (Å²) >= 11 is 0. The molecule has 0 aliphatic heterocycles. The van der Waals surface area contributed by atoms with Crippen molar-refractivity contribution in [3.63, 3.8) is 0 Å². The van der Waals surface area contributed by atoms with Gasteiger partial charge in [0.15, 0.2) is 12.4 Å². The third kappa shape index (κ3) is 2.32. The van der Waals surface area contributed by atoms with Crippen LogP contribution in [0.5, 0.6) is 0 Å². The highest BCUT2D eigenvalue weighted by atomic mass is 16.6. The zero-order valence-corrected chi connectivity index (χ0v) is 9.80. The van der Waals surface area contributed by atoms with Gasteiger partial charge in [-0.15, -0.1) is 0 Å². The van der Waals surface area contributed by atoms with E-state index in [1.54, 1.807) is 25.6 Å². The number of hydrogen-bond donors (Lipinski definition) is 0. The van der Waals surface area contributed by atoms with E-state index in [2.05, 4.69) is 15.2 Å². The molecule has 2 aromatic rings. The maximum absolute atomic E-state index is 11.7. The van der Waals surface area contributed by atoms with Crippen molar-refractivity contribution >= 4 is 5.97 Å². The maximum atomic E-state index is 11.7. The Balaban J connectivity index is 2.00. The van der Waals surface area contributed by atoms with E-state index < -0.39 is 5.97 Å². The van der Waals surface area contributed by atoms with Gasteiger partial charge in [0.25, 0.3) is 5.89 Å². The predicted molar refractivity (Wildman–Crippen MR) is 56.1 cm³/mol. The SMILES string of the molecule is Cc1noc(COC(=O)c2cnn(C)c2C)n1. The van der Waals surface area contributed by atoms with Crippen LogP contribution in [0, 0.1) is 13.8 Å². The fraction of sp³-hybridized carbons (Fsp3) is 0.400. The molecule has 0 N–H and O–H groups in total. The monoisotopic (exact) mass is 236 g/mol. The lowest BCUT2D eigenvalue weighted by Crippen LogP contribution is -2.07. The van der Waals surface area contributed by atoms with Gasteiger partial charge in [0.05, 0.1) is 6.20 Å². The summed E-state index contributed by atoms with van der Waals surface area (Å²) in [7, 11) is 1.76. The lowest BCUT2D eigenvalue weighted by atomic mass is 10.3. The summed E-state index contributed by atoms with van der Waals surface area (Å²) in [6.45, 7) is 3.45. The van der Waals surface area contributed by atoms with E-state index >= 15 is 0 Å². The molecule has 7 nitrogen and oxygen atoms in total. The summed E-state index contributed by atoms with van der Waals surface area (Å²) in [5.74, 6) is 0.331. The summed E-state index contributed by atoms with van der Waals surface area (Å²) in [5, 5.41) is 7.56. The topological polar surface area (TPSA) is 83.0 Å². The minimum Gasteiger partial charge on any atom is -0.452 e. The lowest BCUT2D eigenvalue weighted by Gasteiger charge is -2.00. The number of ether oxygens (including phenoxy) is 1. The van der Waals surface area contributed by atoms with Crippen LogP contribution in [0.25, 0.3) is 0 Å². The largest absolute Gasteiger partial charge is 0.452 e. The first-order valence-electron chi connectivity index (χ1n) is 5.03. The van der Waals surface area contributed by atoms with Gasteiger partial charge in [-0.3, -0.25) is 4.68 Å². The van der Waals surface area contributed by atoms with Crippen molar-refractivity contribution in [2.24, 2.45) is 7.05 Å². The summed E-state index contributed by atoms with van der Waals surface area (Å²) < 4.78 is 11.5. The van der Waals surface area contributed by atoms with Crippen molar-refractivity contribution in [1.29, 1.82) is 0 Å². The molecular formula is C10H12N4O3. The minimum atomic E-state index is -0.452. The van der Waals surface area contributed by atoms with Crippen molar-refractivity contribution in [2.75, 3.05) is 0 Å². The average molecular weight is 236 g/mol. The van der Waals surface area contributed by atoms with Crippen LogP contribution in [0.1, 0.15) is 27.8 Å². The molecule has 0 aliphatic rings.